The number of methoxy groups -OCH3 is 2. The fourth-order valence-electron chi connectivity index (χ4n) is 2.89. The van der Waals surface area contributed by atoms with E-state index in [1.807, 2.05) is 18.2 Å². The first-order valence-electron chi connectivity index (χ1n) is 9.28. The Bertz CT molecular complexity index is 740. The van der Waals surface area contributed by atoms with Crippen molar-refractivity contribution in [1.29, 1.82) is 0 Å². The summed E-state index contributed by atoms with van der Waals surface area (Å²) in [6.07, 6.45) is 2.52. The van der Waals surface area contributed by atoms with E-state index in [1.165, 1.54) is 0 Å². The Labute approximate surface area is 184 Å². The number of aliphatic imine (C=N–C) groups is 1. The number of halogens is 1. The van der Waals surface area contributed by atoms with Gasteiger partial charge in [0.2, 0.25) is 0 Å². The van der Waals surface area contributed by atoms with E-state index in [9.17, 15) is 0 Å². The predicted molar refractivity (Wildman–Crippen MR) is 122 cm³/mol. The molecule has 0 unspecified atom stereocenters. The Kier molecular flexibility index (Phi) is 10.7. The molecule has 0 aliphatic heterocycles. The lowest BCUT2D eigenvalue weighted by Gasteiger charge is -2.13. The molecule has 0 saturated carbocycles. The molecule has 8 heteroatoms. The van der Waals surface area contributed by atoms with Gasteiger partial charge in [-0.3, -0.25) is 4.99 Å². The van der Waals surface area contributed by atoms with Gasteiger partial charge in [-0.15, -0.1) is 24.0 Å². The van der Waals surface area contributed by atoms with Crippen molar-refractivity contribution in [3.05, 3.63) is 40.8 Å². The molecule has 28 heavy (non-hydrogen) atoms. The Hall–Kier alpha value is -1.97. The summed E-state index contributed by atoms with van der Waals surface area (Å²) in [5, 5.41) is 10.8. The summed E-state index contributed by atoms with van der Waals surface area (Å²) < 4.78 is 16.0. The highest BCUT2D eigenvalue weighted by molar-refractivity contribution is 14.0. The number of rotatable bonds is 9. The Morgan fingerprint density at radius 1 is 1.11 bits per heavy atom. The van der Waals surface area contributed by atoms with E-state index in [0.29, 0.717) is 6.54 Å². The lowest BCUT2D eigenvalue weighted by Crippen LogP contribution is -2.38. The SMILES string of the molecule is CCc1noc(CC)c1CNC(=NC)NCCc1ccc(OC)c(OC)c1.I. The summed E-state index contributed by atoms with van der Waals surface area (Å²) in [7, 11) is 5.05. The van der Waals surface area contributed by atoms with E-state index in [-0.39, 0.29) is 24.0 Å². The van der Waals surface area contributed by atoms with Gasteiger partial charge in [-0.05, 0) is 30.5 Å². The fourth-order valence-corrected chi connectivity index (χ4v) is 2.89. The van der Waals surface area contributed by atoms with Gasteiger partial charge in [0.25, 0.3) is 0 Å². The number of nitrogens with zero attached hydrogens (tertiary/aromatic N) is 2. The molecule has 2 N–H and O–H groups in total. The first kappa shape index (κ1) is 24.1. The third-order valence-electron chi connectivity index (χ3n) is 4.42. The van der Waals surface area contributed by atoms with Crippen LogP contribution < -0.4 is 20.1 Å². The zero-order valence-electron chi connectivity index (χ0n) is 17.3. The Balaban J connectivity index is 0.00000392. The van der Waals surface area contributed by atoms with Crippen molar-refractivity contribution in [3.63, 3.8) is 0 Å². The van der Waals surface area contributed by atoms with Crippen LogP contribution >= 0.6 is 24.0 Å². The molecule has 0 aliphatic rings. The van der Waals surface area contributed by atoms with E-state index in [2.05, 4.69) is 34.6 Å². The minimum absolute atomic E-state index is 0. The van der Waals surface area contributed by atoms with Gasteiger partial charge in [-0.1, -0.05) is 25.1 Å². The van der Waals surface area contributed by atoms with Gasteiger partial charge in [0, 0.05) is 32.1 Å². The van der Waals surface area contributed by atoms with Crippen LogP contribution in [0, 0.1) is 0 Å². The zero-order chi connectivity index (χ0) is 19.6. The van der Waals surface area contributed by atoms with E-state index in [4.69, 9.17) is 14.0 Å². The second kappa shape index (κ2) is 12.5. The molecule has 1 heterocycles. The van der Waals surface area contributed by atoms with E-state index in [0.717, 1.165) is 65.8 Å². The summed E-state index contributed by atoms with van der Waals surface area (Å²) in [4.78, 5) is 4.29. The maximum Gasteiger partial charge on any atom is 0.191 e. The average Bonchev–Trinajstić information content (AvgIpc) is 3.12. The largest absolute Gasteiger partial charge is 0.493 e. The smallest absolute Gasteiger partial charge is 0.191 e. The molecule has 0 amide bonds. The highest BCUT2D eigenvalue weighted by Gasteiger charge is 2.13. The molecule has 1 aromatic heterocycles. The molecule has 0 saturated heterocycles. The molecular weight excluding hydrogens is 471 g/mol. The van der Waals surface area contributed by atoms with Gasteiger partial charge >= 0.3 is 0 Å². The summed E-state index contributed by atoms with van der Waals surface area (Å²) in [6, 6.07) is 5.96. The van der Waals surface area contributed by atoms with Gasteiger partial charge in [-0.25, -0.2) is 0 Å². The van der Waals surface area contributed by atoms with Crippen LogP contribution in [0.15, 0.2) is 27.7 Å². The van der Waals surface area contributed by atoms with Crippen molar-refractivity contribution >= 4 is 29.9 Å². The number of aryl methyl sites for hydroxylation is 2. The lowest BCUT2D eigenvalue weighted by atomic mass is 10.1. The molecule has 1 aromatic carbocycles. The van der Waals surface area contributed by atoms with Crippen molar-refractivity contribution in [2.75, 3.05) is 27.8 Å². The lowest BCUT2D eigenvalue weighted by molar-refractivity contribution is 0.354. The van der Waals surface area contributed by atoms with Crippen LogP contribution in [0.3, 0.4) is 0 Å². The van der Waals surface area contributed by atoms with Crippen molar-refractivity contribution in [2.24, 2.45) is 4.99 Å². The topological polar surface area (TPSA) is 80.9 Å². The normalized spacial score (nSPS) is 11.0. The molecule has 0 aliphatic carbocycles. The van der Waals surface area contributed by atoms with Crippen LogP contribution in [0.5, 0.6) is 11.5 Å². The van der Waals surface area contributed by atoms with Crippen molar-refractivity contribution < 1.29 is 14.0 Å². The molecule has 156 valence electrons. The molecule has 0 atom stereocenters. The van der Waals surface area contributed by atoms with Crippen LogP contribution in [0.4, 0.5) is 0 Å². The summed E-state index contributed by atoms with van der Waals surface area (Å²) in [6.45, 7) is 5.54. The van der Waals surface area contributed by atoms with Gasteiger partial charge in [0.15, 0.2) is 17.5 Å². The molecule has 0 radical (unpaired) electrons. The number of benzene rings is 1. The molecule has 0 bridgehead atoms. The highest BCUT2D eigenvalue weighted by atomic mass is 127. The number of aromatic nitrogens is 1. The van der Waals surface area contributed by atoms with Crippen LogP contribution in [-0.4, -0.2) is 38.9 Å². The van der Waals surface area contributed by atoms with Crippen molar-refractivity contribution in [3.8, 4) is 11.5 Å². The maximum absolute atomic E-state index is 5.41. The van der Waals surface area contributed by atoms with Crippen LogP contribution in [0.1, 0.15) is 36.4 Å². The van der Waals surface area contributed by atoms with E-state index < -0.39 is 0 Å². The maximum atomic E-state index is 5.41. The minimum Gasteiger partial charge on any atom is -0.493 e. The predicted octanol–water partition coefficient (Wildman–Crippen LogP) is 3.34. The standard InChI is InChI=1S/C20H30N4O3.HI/c1-6-16-15(17(7-2)27-24-16)13-23-20(21-3)22-11-10-14-8-9-18(25-4)19(12-14)26-5;/h8-9,12H,6-7,10-11,13H2,1-5H3,(H2,21,22,23);1H. The number of hydrogen-bond acceptors (Lipinski definition) is 5. The third-order valence-corrected chi connectivity index (χ3v) is 4.42. The van der Waals surface area contributed by atoms with E-state index in [1.54, 1.807) is 21.3 Å². The van der Waals surface area contributed by atoms with Crippen LogP contribution in [0.25, 0.3) is 0 Å². The number of ether oxygens (including phenoxy) is 2. The van der Waals surface area contributed by atoms with Gasteiger partial charge in [0.1, 0.15) is 5.76 Å². The molecule has 0 spiro atoms. The molecule has 2 rings (SSSR count). The second-order valence-corrected chi connectivity index (χ2v) is 6.03. The van der Waals surface area contributed by atoms with E-state index >= 15 is 0 Å². The first-order chi connectivity index (χ1) is 13.2. The Morgan fingerprint density at radius 3 is 2.46 bits per heavy atom. The zero-order valence-corrected chi connectivity index (χ0v) is 19.6. The van der Waals surface area contributed by atoms with Gasteiger partial charge < -0.3 is 24.6 Å². The summed E-state index contributed by atoms with van der Waals surface area (Å²) in [5.41, 5.74) is 3.29. The average molecular weight is 502 g/mol. The Morgan fingerprint density at radius 2 is 1.86 bits per heavy atom. The first-order valence-corrected chi connectivity index (χ1v) is 9.28. The third kappa shape index (κ3) is 6.29. The van der Waals surface area contributed by atoms with Crippen LogP contribution in [0.2, 0.25) is 0 Å². The van der Waals surface area contributed by atoms with Crippen molar-refractivity contribution in [2.45, 2.75) is 39.7 Å². The summed E-state index contributed by atoms with van der Waals surface area (Å²) in [5.74, 6) is 3.16. The fraction of sp³-hybridized carbons (Fsp3) is 0.500. The number of nitrogens with one attached hydrogen (secondary N) is 2. The highest BCUT2D eigenvalue weighted by Crippen LogP contribution is 2.27. The summed E-state index contributed by atoms with van der Waals surface area (Å²) >= 11 is 0. The molecular formula is C20H31IN4O3. The minimum atomic E-state index is 0. The molecule has 7 nitrogen and oxygen atoms in total. The number of hydrogen-bond donors (Lipinski definition) is 2. The molecule has 2 aromatic rings. The molecule has 0 fully saturated rings. The van der Waals surface area contributed by atoms with Gasteiger partial charge in [-0.2, -0.15) is 0 Å². The van der Waals surface area contributed by atoms with Gasteiger partial charge in [0.05, 0.1) is 19.9 Å². The second-order valence-electron chi connectivity index (χ2n) is 6.03. The quantitative estimate of drug-likeness (QED) is 0.311. The van der Waals surface area contributed by atoms with Crippen LogP contribution in [-0.2, 0) is 25.8 Å². The van der Waals surface area contributed by atoms with Crippen molar-refractivity contribution in [1.82, 2.24) is 15.8 Å². The monoisotopic (exact) mass is 502 g/mol. The number of guanidine groups is 1.